The number of aldehydes is 1. The quantitative estimate of drug-likeness (QED) is 0.483. The molecule has 1 aromatic rings. The van der Waals surface area contributed by atoms with E-state index in [1.54, 1.807) is 0 Å². The first-order chi connectivity index (χ1) is 7.43. The van der Waals surface area contributed by atoms with Crippen molar-refractivity contribution in [3.8, 4) is 0 Å². The molecule has 0 aliphatic rings. The summed E-state index contributed by atoms with van der Waals surface area (Å²) in [5.41, 5.74) is 1.21. The number of carbonyl (C=O) groups excluding carboxylic acids is 1. The molecule has 0 fully saturated rings. The van der Waals surface area contributed by atoms with E-state index in [9.17, 15) is 4.79 Å². The second kappa shape index (κ2) is 8.18. The molecule has 0 atom stereocenters. The fraction of sp³-hybridized carbons (Fsp3) is 0.462. The zero-order chi connectivity index (χ0) is 10.8. The van der Waals surface area contributed by atoms with Crippen LogP contribution in [0.3, 0.4) is 0 Å². The fourth-order valence-corrected chi connectivity index (χ4v) is 1.37. The molecule has 0 aliphatic heterocycles. The molecule has 82 valence electrons. The van der Waals surface area contributed by atoms with Gasteiger partial charge >= 0.3 is 0 Å². The zero-order valence-electron chi connectivity index (χ0n) is 9.02. The highest BCUT2D eigenvalue weighted by molar-refractivity contribution is 5.48. The molecule has 0 N–H and O–H groups in total. The number of unbranched alkanes of at least 4 members (excludes halogenated alkanes) is 3. The number of hydrogen-bond acceptors (Lipinski definition) is 2. The van der Waals surface area contributed by atoms with E-state index >= 15 is 0 Å². The average Bonchev–Trinajstić information content (AvgIpc) is 2.29. The Morgan fingerprint density at radius 2 is 1.87 bits per heavy atom. The van der Waals surface area contributed by atoms with Crippen LogP contribution in [0.15, 0.2) is 30.3 Å². The molecule has 1 aromatic carbocycles. The van der Waals surface area contributed by atoms with E-state index in [4.69, 9.17) is 4.74 Å². The van der Waals surface area contributed by atoms with E-state index in [-0.39, 0.29) is 0 Å². The molecule has 0 saturated heterocycles. The molecule has 2 heteroatoms. The monoisotopic (exact) mass is 206 g/mol. The lowest BCUT2D eigenvalue weighted by molar-refractivity contribution is -0.107. The average molecular weight is 206 g/mol. The van der Waals surface area contributed by atoms with Gasteiger partial charge in [-0.1, -0.05) is 36.8 Å². The Bertz CT molecular complexity index is 256. The van der Waals surface area contributed by atoms with Crippen molar-refractivity contribution in [3.63, 3.8) is 0 Å². The molecule has 1 rings (SSSR count). The maximum Gasteiger partial charge on any atom is 0.119 e. The van der Waals surface area contributed by atoms with Crippen LogP contribution in [-0.2, 0) is 16.1 Å². The minimum Gasteiger partial charge on any atom is -0.377 e. The predicted octanol–water partition coefficient (Wildman–Crippen LogP) is 2.96. The second-order valence-electron chi connectivity index (χ2n) is 3.55. The standard InChI is InChI=1S/C13H18O2/c14-10-6-1-2-7-11-15-12-13-8-4-3-5-9-13/h3-5,8-10H,1-2,6-7,11-12H2. The smallest absolute Gasteiger partial charge is 0.119 e. The molecular weight excluding hydrogens is 188 g/mol. The maximum absolute atomic E-state index is 10.0. The van der Waals surface area contributed by atoms with Crippen molar-refractivity contribution in [1.29, 1.82) is 0 Å². The normalized spacial score (nSPS) is 10.1. The Labute approximate surface area is 91.3 Å². The Kier molecular flexibility index (Phi) is 6.50. The lowest BCUT2D eigenvalue weighted by Gasteiger charge is -2.03. The molecule has 0 aliphatic carbocycles. The van der Waals surface area contributed by atoms with Gasteiger partial charge in [-0.3, -0.25) is 0 Å². The van der Waals surface area contributed by atoms with Gasteiger partial charge in [-0.05, 0) is 18.4 Å². The van der Waals surface area contributed by atoms with E-state index in [0.717, 1.165) is 32.2 Å². The molecule has 0 aromatic heterocycles. The Balaban J connectivity index is 1.95. The summed E-state index contributed by atoms with van der Waals surface area (Å²) >= 11 is 0. The molecule has 0 unspecified atom stereocenters. The summed E-state index contributed by atoms with van der Waals surface area (Å²) in [5.74, 6) is 0. The van der Waals surface area contributed by atoms with Crippen molar-refractivity contribution >= 4 is 6.29 Å². The SMILES string of the molecule is O=CCCCCCOCc1ccccc1. The van der Waals surface area contributed by atoms with Crippen LogP contribution in [-0.4, -0.2) is 12.9 Å². The highest BCUT2D eigenvalue weighted by Gasteiger charge is 1.92. The van der Waals surface area contributed by atoms with Crippen molar-refractivity contribution < 1.29 is 9.53 Å². The Morgan fingerprint density at radius 3 is 2.60 bits per heavy atom. The van der Waals surface area contributed by atoms with E-state index < -0.39 is 0 Å². The minimum absolute atomic E-state index is 0.679. The van der Waals surface area contributed by atoms with Crippen LogP contribution in [0.25, 0.3) is 0 Å². The van der Waals surface area contributed by atoms with Gasteiger partial charge in [0.25, 0.3) is 0 Å². The van der Waals surface area contributed by atoms with Gasteiger partial charge in [0.1, 0.15) is 6.29 Å². The zero-order valence-corrected chi connectivity index (χ0v) is 9.02. The first kappa shape index (κ1) is 11.9. The maximum atomic E-state index is 10.0. The predicted molar refractivity (Wildman–Crippen MR) is 60.6 cm³/mol. The highest BCUT2D eigenvalue weighted by atomic mass is 16.5. The van der Waals surface area contributed by atoms with Crippen molar-refractivity contribution in [1.82, 2.24) is 0 Å². The third kappa shape index (κ3) is 6.02. The van der Waals surface area contributed by atoms with Gasteiger partial charge in [0.15, 0.2) is 0 Å². The molecule has 15 heavy (non-hydrogen) atoms. The van der Waals surface area contributed by atoms with Crippen LogP contribution in [0.5, 0.6) is 0 Å². The summed E-state index contributed by atoms with van der Waals surface area (Å²) in [6.07, 6.45) is 4.76. The molecular formula is C13H18O2. The molecule has 0 radical (unpaired) electrons. The molecule has 0 amide bonds. The van der Waals surface area contributed by atoms with Crippen molar-refractivity contribution in [2.45, 2.75) is 32.3 Å². The summed E-state index contributed by atoms with van der Waals surface area (Å²) in [4.78, 5) is 10.0. The van der Waals surface area contributed by atoms with Gasteiger partial charge in [-0.2, -0.15) is 0 Å². The summed E-state index contributed by atoms with van der Waals surface area (Å²) in [5, 5.41) is 0. The van der Waals surface area contributed by atoms with Gasteiger partial charge in [0, 0.05) is 13.0 Å². The first-order valence-electron chi connectivity index (χ1n) is 5.49. The lowest BCUT2D eigenvalue weighted by Crippen LogP contribution is -1.95. The molecule has 0 heterocycles. The van der Waals surface area contributed by atoms with E-state index in [0.29, 0.717) is 13.0 Å². The van der Waals surface area contributed by atoms with Crippen LogP contribution < -0.4 is 0 Å². The first-order valence-corrected chi connectivity index (χ1v) is 5.49. The number of benzene rings is 1. The van der Waals surface area contributed by atoms with Gasteiger partial charge in [-0.15, -0.1) is 0 Å². The van der Waals surface area contributed by atoms with Gasteiger partial charge < -0.3 is 9.53 Å². The van der Waals surface area contributed by atoms with Crippen molar-refractivity contribution in [2.75, 3.05) is 6.61 Å². The summed E-state index contributed by atoms with van der Waals surface area (Å²) in [6.45, 7) is 1.47. The van der Waals surface area contributed by atoms with E-state index in [2.05, 4.69) is 12.1 Å². The highest BCUT2D eigenvalue weighted by Crippen LogP contribution is 2.03. The van der Waals surface area contributed by atoms with Crippen LogP contribution in [0.4, 0.5) is 0 Å². The van der Waals surface area contributed by atoms with Crippen molar-refractivity contribution in [3.05, 3.63) is 35.9 Å². The van der Waals surface area contributed by atoms with Crippen molar-refractivity contribution in [2.24, 2.45) is 0 Å². The Morgan fingerprint density at radius 1 is 1.07 bits per heavy atom. The number of carbonyl (C=O) groups is 1. The fourth-order valence-electron chi connectivity index (χ4n) is 1.37. The second-order valence-corrected chi connectivity index (χ2v) is 3.55. The lowest BCUT2D eigenvalue weighted by atomic mass is 10.2. The Hall–Kier alpha value is -1.15. The topological polar surface area (TPSA) is 26.3 Å². The molecule has 2 nitrogen and oxygen atoms in total. The summed E-state index contributed by atoms with van der Waals surface area (Å²) in [7, 11) is 0. The van der Waals surface area contributed by atoms with Crippen LogP contribution in [0.1, 0.15) is 31.2 Å². The van der Waals surface area contributed by atoms with Crippen LogP contribution >= 0.6 is 0 Å². The van der Waals surface area contributed by atoms with Gasteiger partial charge in [0.2, 0.25) is 0 Å². The van der Waals surface area contributed by atoms with Gasteiger partial charge in [-0.25, -0.2) is 0 Å². The number of ether oxygens (including phenoxy) is 1. The molecule has 0 spiro atoms. The number of rotatable bonds is 8. The summed E-state index contributed by atoms with van der Waals surface area (Å²) < 4.78 is 5.51. The van der Waals surface area contributed by atoms with Crippen LogP contribution in [0, 0.1) is 0 Å². The van der Waals surface area contributed by atoms with E-state index in [1.165, 1.54) is 5.56 Å². The number of hydrogen-bond donors (Lipinski definition) is 0. The van der Waals surface area contributed by atoms with Gasteiger partial charge in [0.05, 0.1) is 6.61 Å². The minimum atomic E-state index is 0.679. The molecule has 0 saturated carbocycles. The summed E-state index contributed by atoms with van der Waals surface area (Å²) in [6, 6.07) is 10.2. The third-order valence-electron chi connectivity index (χ3n) is 2.22. The largest absolute Gasteiger partial charge is 0.377 e. The van der Waals surface area contributed by atoms with Crippen LogP contribution in [0.2, 0.25) is 0 Å². The third-order valence-corrected chi connectivity index (χ3v) is 2.22. The van der Waals surface area contributed by atoms with E-state index in [1.807, 2.05) is 18.2 Å². The molecule has 0 bridgehead atoms.